The van der Waals surface area contributed by atoms with Gasteiger partial charge in [-0.15, -0.1) is 0 Å². The molecule has 1 heterocycles. The molecule has 0 amide bonds. The van der Waals surface area contributed by atoms with Crippen LogP contribution in [0.2, 0.25) is 0 Å². The van der Waals surface area contributed by atoms with Gasteiger partial charge in [-0.2, -0.15) is 0 Å². The van der Waals surface area contributed by atoms with Crippen LogP contribution < -0.4 is 14.8 Å². The molecule has 0 unspecified atom stereocenters. The van der Waals surface area contributed by atoms with E-state index in [-0.39, 0.29) is 17.3 Å². The number of nitrogens with zero attached hydrogens (tertiary/aromatic N) is 2. The lowest BCUT2D eigenvalue weighted by Crippen LogP contribution is -2.02. The highest BCUT2D eigenvalue weighted by atomic mass is 19.3. The highest BCUT2D eigenvalue weighted by molar-refractivity contribution is 5.65. The lowest BCUT2D eigenvalue weighted by molar-refractivity contribution is 0.145. The largest absolute Gasteiger partial charge is 0.497 e. The van der Waals surface area contributed by atoms with Crippen LogP contribution in [0.3, 0.4) is 0 Å². The SMILES string of the molecule is COc1ccc(Nc2cc(C(F)F)nc(C)n2)c(OC)c1. The zero-order chi connectivity index (χ0) is 15.4. The van der Waals surface area contributed by atoms with E-state index in [9.17, 15) is 8.78 Å². The third-order valence-electron chi connectivity index (χ3n) is 2.75. The molecule has 0 aliphatic heterocycles. The number of aromatic nitrogens is 2. The monoisotopic (exact) mass is 295 g/mol. The van der Waals surface area contributed by atoms with E-state index < -0.39 is 6.43 Å². The molecule has 2 aromatic rings. The highest BCUT2D eigenvalue weighted by Gasteiger charge is 2.13. The lowest BCUT2D eigenvalue weighted by atomic mass is 10.2. The van der Waals surface area contributed by atoms with Crippen LogP contribution in [0.4, 0.5) is 20.3 Å². The predicted octanol–water partition coefficient (Wildman–Crippen LogP) is 3.48. The zero-order valence-corrected chi connectivity index (χ0v) is 11.9. The number of hydrogen-bond acceptors (Lipinski definition) is 5. The van der Waals surface area contributed by atoms with Crippen LogP contribution in [0.5, 0.6) is 11.5 Å². The van der Waals surface area contributed by atoms with Crippen LogP contribution in [0.1, 0.15) is 17.9 Å². The highest BCUT2D eigenvalue weighted by Crippen LogP contribution is 2.31. The van der Waals surface area contributed by atoms with Crippen molar-refractivity contribution in [1.29, 1.82) is 0 Å². The van der Waals surface area contributed by atoms with Crippen molar-refractivity contribution in [2.24, 2.45) is 0 Å². The minimum Gasteiger partial charge on any atom is -0.497 e. The van der Waals surface area contributed by atoms with E-state index in [0.717, 1.165) is 0 Å². The van der Waals surface area contributed by atoms with E-state index in [1.54, 1.807) is 32.2 Å². The maximum absolute atomic E-state index is 12.8. The Bertz CT molecular complexity index is 636. The van der Waals surface area contributed by atoms with E-state index in [0.29, 0.717) is 17.2 Å². The zero-order valence-electron chi connectivity index (χ0n) is 11.9. The molecule has 0 fully saturated rings. The van der Waals surface area contributed by atoms with Gasteiger partial charge in [-0.25, -0.2) is 18.7 Å². The van der Waals surface area contributed by atoms with Crippen molar-refractivity contribution in [3.05, 3.63) is 35.8 Å². The first kappa shape index (κ1) is 15.0. The Kier molecular flexibility index (Phi) is 4.52. The first-order valence-electron chi connectivity index (χ1n) is 6.16. The summed E-state index contributed by atoms with van der Waals surface area (Å²) >= 11 is 0. The van der Waals surface area contributed by atoms with Gasteiger partial charge in [-0.1, -0.05) is 0 Å². The summed E-state index contributed by atoms with van der Waals surface area (Å²) in [6, 6.07) is 6.34. The number of alkyl halides is 2. The van der Waals surface area contributed by atoms with Crippen LogP contribution in [-0.2, 0) is 0 Å². The Labute approximate surface area is 120 Å². The topological polar surface area (TPSA) is 56.3 Å². The van der Waals surface area contributed by atoms with Crippen molar-refractivity contribution in [3.8, 4) is 11.5 Å². The average Bonchev–Trinajstić information content (AvgIpc) is 2.47. The molecule has 0 saturated carbocycles. The number of ether oxygens (including phenoxy) is 2. The molecule has 7 heteroatoms. The molecule has 21 heavy (non-hydrogen) atoms. The normalized spacial score (nSPS) is 10.6. The van der Waals surface area contributed by atoms with Crippen LogP contribution >= 0.6 is 0 Å². The second-order valence-corrected chi connectivity index (χ2v) is 4.22. The van der Waals surface area contributed by atoms with E-state index in [1.165, 1.54) is 13.2 Å². The van der Waals surface area contributed by atoms with Gasteiger partial charge in [0.25, 0.3) is 6.43 Å². The molecule has 1 N–H and O–H groups in total. The first-order valence-corrected chi connectivity index (χ1v) is 6.16. The van der Waals surface area contributed by atoms with E-state index in [2.05, 4.69) is 15.3 Å². The summed E-state index contributed by atoms with van der Waals surface area (Å²) in [4.78, 5) is 7.78. The number of methoxy groups -OCH3 is 2. The van der Waals surface area contributed by atoms with Crippen LogP contribution in [0.25, 0.3) is 0 Å². The minimum atomic E-state index is -2.65. The Hall–Kier alpha value is -2.44. The maximum Gasteiger partial charge on any atom is 0.280 e. The molecule has 5 nitrogen and oxygen atoms in total. The third-order valence-corrected chi connectivity index (χ3v) is 2.75. The first-order chi connectivity index (χ1) is 10.0. The molecule has 1 aromatic heterocycles. The number of aryl methyl sites for hydroxylation is 1. The van der Waals surface area contributed by atoms with Crippen LogP contribution in [0, 0.1) is 6.92 Å². The molecule has 0 atom stereocenters. The van der Waals surface area contributed by atoms with Crippen molar-refractivity contribution in [2.75, 3.05) is 19.5 Å². The number of hydrogen-bond donors (Lipinski definition) is 1. The van der Waals surface area contributed by atoms with Crippen LogP contribution in [0.15, 0.2) is 24.3 Å². The van der Waals surface area contributed by atoms with Gasteiger partial charge in [0, 0.05) is 12.1 Å². The van der Waals surface area contributed by atoms with E-state index >= 15 is 0 Å². The summed E-state index contributed by atoms with van der Waals surface area (Å²) < 4.78 is 35.8. The van der Waals surface area contributed by atoms with Crippen molar-refractivity contribution in [2.45, 2.75) is 13.3 Å². The number of rotatable bonds is 5. The van der Waals surface area contributed by atoms with E-state index in [4.69, 9.17) is 9.47 Å². The van der Waals surface area contributed by atoms with Gasteiger partial charge in [0.05, 0.1) is 19.9 Å². The fourth-order valence-corrected chi connectivity index (χ4v) is 1.81. The minimum absolute atomic E-state index is 0.266. The number of benzene rings is 1. The van der Waals surface area contributed by atoms with Gasteiger partial charge in [0.15, 0.2) is 0 Å². The molecule has 0 bridgehead atoms. The summed E-state index contributed by atoms with van der Waals surface area (Å²) in [6.45, 7) is 1.56. The number of halogens is 2. The summed E-state index contributed by atoms with van der Waals surface area (Å²) in [5, 5.41) is 2.95. The fourth-order valence-electron chi connectivity index (χ4n) is 1.81. The molecule has 2 rings (SSSR count). The van der Waals surface area contributed by atoms with Crippen molar-refractivity contribution in [1.82, 2.24) is 9.97 Å². The summed E-state index contributed by atoms with van der Waals surface area (Å²) in [7, 11) is 3.06. The third kappa shape index (κ3) is 3.56. The van der Waals surface area contributed by atoms with E-state index in [1.807, 2.05) is 0 Å². The Morgan fingerprint density at radius 3 is 2.48 bits per heavy atom. The second kappa shape index (κ2) is 6.34. The molecule has 1 aromatic carbocycles. The summed E-state index contributed by atoms with van der Waals surface area (Å²) in [5.41, 5.74) is 0.272. The van der Waals surface area contributed by atoms with Crippen molar-refractivity contribution in [3.63, 3.8) is 0 Å². The maximum atomic E-state index is 12.8. The number of nitrogens with one attached hydrogen (secondary N) is 1. The Balaban J connectivity index is 2.33. The summed E-state index contributed by atoms with van der Waals surface area (Å²) in [6.07, 6.45) is -2.65. The average molecular weight is 295 g/mol. The molecule has 0 aliphatic carbocycles. The molecular weight excluding hydrogens is 280 g/mol. The molecule has 0 radical (unpaired) electrons. The second-order valence-electron chi connectivity index (χ2n) is 4.22. The number of anilines is 2. The molecule has 0 aliphatic rings. The smallest absolute Gasteiger partial charge is 0.280 e. The summed E-state index contributed by atoms with van der Waals surface area (Å²) in [5.74, 6) is 1.69. The van der Waals surface area contributed by atoms with Gasteiger partial charge in [0.2, 0.25) is 0 Å². The van der Waals surface area contributed by atoms with Crippen molar-refractivity contribution < 1.29 is 18.3 Å². The molecule has 0 saturated heterocycles. The standard InChI is InChI=1S/C14H15F2N3O2/c1-8-17-11(14(15)16)7-13(18-8)19-10-5-4-9(20-2)6-12(10)21-3/h4-7,14H,1-3H3,(H,17,18,19). The van der Waals surface area contributed by atoms with Gasteiger partial charge in [0.1, 0.15) is 28.8 Å². The lowest BCUT2D eigenvalue weighted by Gasteiger charge is -2.13. The predicted molar refractivity (Wildman–Crippen MR) is 74.6 cm³/mol. The molecule has 112 valence electrons. The quantitative estimate of drug-likeness (QED) is 0.915. The Morgan fingerprint density at radius 2 is 1.86 bits per heavy atom. The van der Waals surface area contributed by atoms with Gasteiger partial charge in [-0.05, 0) is 19.1 Å². The van der Waals surface area contributed by atoms with Crippen LogP contribution in [-0.4, -0.2) is 24.2 Å². The van der Waals surface area contributed by atoms with Gasteiger partial charge < -0.3 is 14.8 Å². The molecule has 0 spiro atoms. The molecular formula is C14H15F2N3O2. The van der Waals surface area contributed by atoms with Gasteiger partial charge >= 0.3 is 0 Å². The van der Waals surface area contributed by atoms with Gasteiger partial charge in [-0.3, -0.25) is 0 Å². The van der Waals surface area contributed by atoms with Crippen molar-refractivity contribution >= 4 is 11.5 Å². The Morgan fingerprint density at radius 1 is 1.10 bits per heavy atom. The fraction of sp³-hybridized carbons (Fsp3) is 0.286.